The number of rotatable bonds is 1. The van der Waals surface area contributed by atoms with E-state index in [1.165, 1.54) is 15.7 Å². The van der Waals surface area contributed by atoms with Gasteiger partial charge in [0.15, 0.2) is 0 Å². The molecule has 16 heavy (non-hydrogen) atoms. The van der Waals surface area contributed by atoms with E-state index in [1.807, 2.05) is 0 Å². The maximum atomic E-state index is 6.14. The average molecular weight is 283 g/mol. The Morgan fingerprint density at radius 1 is 1.31 bits per heavy atom. The summed E-state index contributed by atoms with van der Waals surface area (Å²) in [5.41, 5.74) is 8.77. The fourth-order valence-corrected chi connectivity index (χ4v) is 2.35. The Hall–Kier alpha value is -0.540. The standard InChI is InChI=1S/C13H19BrN2/c1-10-9-11(3-4-12(10)14)16-7-5-13(2,15)6-8-16/h3-4,9H,5-8,15H2,1-2H3. The van der Waals surface area contributed by atoms with E-state index in [0.29, 0.717) is 0 Å². The molecule has 1 fully saturated rings. The zero-order chi connectivity index (χ0) is 11.8. The first-order valence-corrected chi connectivity index (χ1v) is 6.57. The maximum Gasteiger partial charge on any atom is 0.0369 e. The number of benzene rings is 1. The van der Waals surface area contributed by atoms with Crippen molar-refractivity contribution in [3.8, 4) is 0 Å². The van der Waals surface area contributed by atoms with Crippen molar-refractivity contribution in [2.45, 2.75) is 32.2 Å². The predicted octanol–water partition coefficient (Wildman–Crippen LogP) is 3.08. The molecule has 1 aromatic rings. The third kappa shape index (κ3) is 2.58. The van der Waals surface area contributed by atoms with Crippen LogP contribution in [0.4, 0.5) is 5.69 Å². The van der Waals surface area contributed by atoms with Gasteiger partial charge in [0, 0.05) is 28.8 Å². The molecule has 1 heterocycles. The summed E-state index contributed by atoms with van der Waals surface area (Å²) in [4.78, 5) is 2.42. The van der Waals surface area contributed by atoms with Crippen molar-refractivity contribution in [2.75, 3.05) is 18.0 Å². The number of aryl methyl sites for hydroxylation is 1. The highest BCUT2D eigenvalue weighted by atomic mass is 79.9. The predicted molar refractivity (Wildman–Crippen MR) is 72.9 cm³/mol. The number of halogens is 1. The third-order valence-electron chi connectivity index (χ3n) is 3.41. The molecule has 0 aromatic heterocycles. The monoisotopic (exact) mass is 282 g/mol. The van der Waals surface area contributed by atoms with Gasteiger partial charge in [-0.1, -0.05) is 15.9 Å². The molecule has 88 valence electrons. The minimum Gasteiger partial charge on any atom is -0.371 e. The molecular weight excluding hydrogens is 264 g/mol. The summed E-state index contributed by atoms with van der Waals surface area (Å²) < 4.78 is 1.18. The van der Waals surface area contributed by atoms with Crippen LogP contribution >= 0.6 is 15.9 Å². The number of piperidine rings is 1. The van der Waals surface area contributed by atoms with Gasteiger partial charge in [-0.25, -0.2) is 0 Å². The Labute approximate surface area is 106 Å². The summed E-state index contributed by atoms with van der Waals surface area (Å²) >= 11 is 3.53. The maximum absolute atomic E-state index is 6.14. The first-order valence-electron chi connectivity index (χ1n) is 5.78. The summed E-state index contributed by atoms with van der Waals surface area (Å²) in [6.07, 6.45) is 2.14. The summed E-state index contributed by atoms with van der Waals surface area (Å²) in [7, 11) is 0. The lowest BCUT2D eigenvalue weighted by atomic mass is 9.91. The summed E-state index contributed by atoms with van der Waals surface area (Å²) in [6.45, 7) is 6.41. The minimum absolute atomic E-state index is 0.0287. The van der Waals surface area contributed by atoms with E-state index in [1.54, 1.807) is 0 Å². The SMILES string of the molecule is Cc1cc(N2CCC(C)(N)CC2)ccc1Br. The van der Waals surface area contributed by atoms with Crippen LogP contribution in [0.1, 0.15) is 25.3 Å². The van der Waals surface area contributed by atoms with Gasteiger partial charge in [-0.2, -0.15) is 0 Å². The second-order valence-electron chi connectivity index (χ2n) is 5.07. The Kier molecular flexibility index (Phi) is 3.27. The first kappa shape index (κ1) is 11.9. The Morgan fingerprint density at radius 3 is 2.50 bits per heavy atom. The average Bonchev–Trinajstić information content (AvgIpc) is 2.22. The van der Waals surface area contributed by atoms with Crippen LogP contribution in [0.3, 0.4) is 0 Å². The lowest BCUT2D eigenvalue weighted by molar-refractivity contribution is 0.364. The molecule has 1 aromatic carbocycles. The molecule has 0 amide bonds. The highest BCUT2D eigenvalue weighted by molar-refractivity contribution is 9.10. The van der Waals surface area contributed by atoms with Crippen LogP contribution in [0.25, 0.3) is 0 Å². The van der Waals surface area contributed by atoms with Crippen molar-refractivity contribution >= 4 is 21.6 Å². The van der Waals surface area contributed by atoms with Crippen molar-refractivity contribution < 1.29 is 0 Å². The van der Waals surface area contributed by atoms with E-state index >= 15 is 0 Å². The highest BCUT2D eigenvalue weighted by Crippen LogP contribution is 2.27. The van der Waals surface area contributed by atoms with Crippen LogP contribution in [0.5, 0.6) is 0 Å². The molecule has 1 saturated heterocycles. The van der Waals surface area contributed by atoms with Gasteiger partial charge < -0.3 is 10.6 Å². The van der Waals surface area contributed by atoms with Crippen molar-refractivity contribution in [1.29, 1.82) is 0 Å². The highest BCUT2D eigenvalue weighted by Gasteiger charge is 2.25. The Bertz CT molecular complexity index is 378. The third-order valence-corrected chi connectivity index (χ3v) is 4.30. The number of nitrogens with zero attached hydrogens (tertiary/aromatic N) is 1. The van der Waals surface area contributed by atoms with Crippen LogP contribution in [0, 0.1) is 6.92 Å². The molecule has 0 aliphatic carbocycles. The molecule has 3 heteroatoms. The zero-order valence-corrected chi connectivity index (χ0v) is 11.5. The van der Waals surface area contributed by atoms with E-state index in [4.69, 9.17) is 5.73 Å². The van der Waals surface area contributed by atoms with Gasteiger partial charge in [0.05, 0.1) is 0 Å². The lowest BCUT2D eigenvalue weighted by Gasteiger charge is -2.38. The van der Waals surface area contributed by atoms with E-state index in [0.717, 1.165) is 25.9 Å². The number of hydrogen-bond donors (Lipinski definition) is 1. The molecule has 0 unspecified atom stereocenters. The quantitative estimate of drug-likeness (QED) is 0.858. The molecule has 2 rings (SSSR count). The fraction of sp³-hybridized carbons (Fsp3) is 0.538. The molecule has 0 radical (unpaired) electrons. The Morgan fingerprint density at radius 2 is 1.94 bits per heavy atom. The van der Waals surface area contributed by atoms with Crippen molar-refractivity contribution in [3.05, 3.63) is 28.2 Å². The molecule has 0 atom stereocenters. The molecular formula is C13H19BrN2. The minimum atomic E-state index is 0.0287. The molecule has 0 bridgehead atoms. The van der Waals surface area contributed by atoms with E-state index in [2.05, 4.69) is 52.9 Å². The van der Waals surface area contributed by atoms with Gasteiger partial charge in [0.25, 0.3) is 0 Å². The van der Waals surface area contributed by atoms with Gasteiger partial charge in [0.1, 0.15) is 0 Å². The summed E-state index contributed by atoms with van der Waals surface area (Å²) in [5, 5.41) is 0. The molecule has 1 aliphatic heterocycles. The topological polar surface area (TPSA) is 29.3 Å². The van der Waals surface area contributed by atoms with Crippen LogP contribution < -0.4 is 10.6 Å². The van der Waals surface area contributed by atoms with Gasteiger partial charge in [-0.05, 0) is 50.5 Å². The van der Waals surface area contributed by atoms with Gasteiger partial charge in [-0.3, -0.25) is 0 Å². The van der Waals surface area contributed by atoms with Gasteiger partial charge in [0.2, 0.25) is 0 Å². The number of anilines is 1. The van der Waals surface area contributed by atoms with Crippen LogP contribution in [0.15, 0.2) is 22.7 Å². The van der Waals surface area contributed by atoms with Crippen LogP contribution in [0.2, 0.25) is 0 Å². The lowest BCUT2D eigenvalue weighted by Crippen LogP contribution is -2.48. The Balaban J connectivity index is 2.11. The smallest absolute Gasteiger partial charge is 0.0369 e. The van der Waals surface area contributed by atoms with E-state index < -0.39 is 0 Å². The van der Waals surface area contributed by atoms with Gasteiger partial charge in [-0.15, -0.1) is 0 Å². The van der Waals surface area contributed by atoms with E-state index in [-0.39, 0.29) is 5.54 Å². The summed E-state index contributed by atoms with van der Waals surface area (Å²) in [6, 6.07) is 6.54. The molecule has 2 N–H and O–H groups in total. The second-order valence-corrected chi connectivity index (χ2v) is 5.93. The van der Waals surface area contributed by atoms with Crippen molar-refractivity contribution in [1.82, 2.24) is 0 Å². The van der Waals surface area contributed by atoms with Crippen LogP contribution in [-0.2, 0) is 0 Å². The van der Waals surface area contributed by atoms with Gasteiger partial charge >= 0.3 is 0 Å². The molecule has 0 spiro atoms. The molecule has 1 aliphatic rings. The number of nitrogens with two attached hydrogens (primary N) is 1. The largest absolute Gasteiger partial charge is 0.371 e. The van der Waals surface area contributed by atoms with Crippen molar-refractivity contribution in [3.63, 3.8) is 0 Å². The zero-order valence-electron chi connectivity index (χ0n) is 9.96. The summed E-state index contributed by atoms with van der Waals surface area (Å²) in [5.74, 6) is 0. The second kappa shape index (κ2) is 4.38. The fourth-order valence-electron chi connectivity index (χ4n) is 2.10. The van der Waals surface area contributed by atoms with E-state index in [9.17, 15) is 0 Å². The number of hydrogen-bond acceptors (Lipinski definition) is 2. The normalized spacial score (nSPS) is 19.9. The van der Waals surface area contributed by atoms with Crippen molar-refractivity contribution in [2.24, 2.45) is 5.73 Å². The van der Waals surface area contributed by atoms with Crippen LogP contribution in [-0.4, -0.2) is 18.6 Å². The first-order chi connectivity index (χ1) is 7.48. The molecule has 0 saturated carbocycles. The molecule has 2 nitrogen and oxygen atoms in total.